The summed E-state index contributed by atoms with van der Waals surface area (Å²) in [5.74, 6) is -0.290. The van der Waals surface area contributed by atoms with E-state index in [1.165, 1.54) is 11.8 Å². The number of thioether (sulfide) groups is 1. The summed E-state index contributed by atoms with van der Waals surface area (Å²) in [6.07, 6.45) is 3.96. The number of hydrogen-bond donors (Lipinski definition) is 2. The fraction of sp³-hybridized carbons (Fsp3) is 0.333. The van der Waals surface area contributed by atoms with E-state index in [-0.39, 0.29) is 24.1 Å². The molecule has 24 heavy (non-hydrogen) atoms. The van der Waals surface area contributed by atoms with Crippen molar-refractivity contribution in [3.63, 3.8) is 0 Å². The minimum absolute atomic E-state index is 0.0734. The number of para-hydroxylation sites is 1. The SMILES string of the molecule is O=C(CSc1nncn1C1CC1)NCC(=O)Nc1ccccc1Br. The quantitative estimate of drug-likeness (QED) is 0.684. The Hall–Kier alpha value is -1.87. The molecule has 2 amide bonds. The van der Waals surface area contributed by atoms with E-state index in [9.17, 15) is 9.59 Å². The van der Waals surface area contributed by atoms with Gasteiger partial charge in [0.05, 0.1) is 18.0 Å². The van der Waals surface area contributed by atoms with Gasteiger partial charge in [-0.3, -0.25) is 9.59 Å². The van der Waals surface area contributed by atoms with Crippen LogP contribution in [-0.4, -0.2) is 38.9 Å². The molecule has 1 heterocycles. The Morgan fingerprint density at radius 2 is 2.08 bits per heavy atom. The van der Waals surface area contributed by atoms with E-state index >= 15 is 0 Å². The van der Waals surface area contributed by atoms with Crippen LogP contribution in [0, 0.1) is 0 Å². The molecule has 1 saturated carbocycles. The van der Waals surface area contributed by atoms with E-state index in [1.54, 1.807) is 12.4 Å². The van der Waals surface area contributed by atoms with E-state index in [4.69, 9.17) is 0 Å². The molecule has 0 atom stereocenters. The molecule has 0 aliphatic heterocycles. The smallest absolute Gasteiger partial charge is 0.243 e. The molecule has 126 valence electrons. The van der Waals surface area contributed by atoms with Gasteiger partial charge in [0.15, 0.2) is 5.16 Å². The first kappa shape index (κ1) is 17.0. The summed E-state index contributed by atoms with van der Waals surface area (Å²) in [6.45, 7) is -0.0734. The van der Waals surface area contributed by atoms with Gasteiger partial charge in [-0.25, -0.2) is 0 Å². The molecule has 0 unspecified atom stereocenters. The minimum Gasteiger partial charge on any atom is -0.346 e. The molecule has 0 radical (unpaired) electrons. The lowest BCUT2D eigenvalue weighted by Crippen LogP contribution is -2.34. The Morgan fingerprint density at radius 1 is 1.29 bits per heavy atom. The van der Waals surface area contributed by atoms with Gasteiger partial charge < -0.3 is 15.2 Å². The number of nitrogens with one attached hydrogen (secondary N) is 2. The molecule has 9 heteroatoms. The number of hydrogen-bond acceptors (Lipinski definition) is 5. The second-order valence-electron chi connectivity index (χ2n) is 5.35. The van der Waals surface area contributed by atoms with Crippen molar-refractivity contribution in [3.8, 4) is 0 Å². The fourth-order valence-corrected chi connectivity index (χ4v) is 3.25. The highest BCUT2D eigenvalue weighted by atomic mass is 79.9. The Morgan fingerprint density at radius 3 is 2.83 bits per heavy atom. The van der Waals surface area contributed by atoms with Crippen molar-refractivity contribution in [2.24, 2.45) is 0 Å². The lowest BCUT2D eigenvalue weighted by Gasteiger charge is -2.08. The largest absolute Gasteiger partial charge is 0.346 e. The van der Waals surface area contributed by atoms with Gasteiger partial charge in [0.25, 0.3) is 0 Å². The summed E-state index contributed by atoms with van der Waals surface area (Å²) in [5.41, 5.74) is 0.670. The van der Waals surface area contributed by atoms with Crippen LogP contribution < -0.4 is 10.6 Å². The van der Waals surface area contributed by atoms with Crippen molar-refractivity contribution >= 4 is 45.2 Å². The Bertz CT molecular complexity index is 747. The van der Waals surface area contributed by atoms with Crippen molar-refractivity contribution in [2.75, 3.05) is 17.6 Å². The van der Waals surface area contributed by atoms with Gasteiger partial charge in [-0.05, 0) is 40.9 Å². The van der Waals surface area contributed by atoms with Crippen LogP contribution in [0.2, 0.25) is 0 Å². The van der Waals surface area contributed by atoms with Gasteiger partial charge in [0.2, 0.25) is 11.8 Å². The summed E-state index contributed by atoms with van der Waals surface area (Å²) in [7, 11) is 0. The summed E-state index contributed by atoms with van der Waals surface area (Å²) in [6, 6.07) is 7.77. The zero-order chi connectivity index (χ0) is 16.9. The third-order valence-corrected chi connectivity index (χ3v) is 5.06. The number of amides is 2. The molecule has 2 aromatic rings. The van der Waals surface area contributed by atoms with Gasteiger partial charge in [-0.15, -0.1) is 10.2 Å². The average Bonchev–Trinajstić information content (AvgIpc) is 3.31. The molecule has 1 aliphatic rings. The molecule has 1 aromatic heterocycles. The third-order valence-electron chi connectivity index (χ3n) is 3.41. The number of carbonyl (C=O) groups is 2. The molecule has 0 bridgehead atoms. The Labute approximate surface area is 151 Å². The van der Waals surface area contributed by atoms with E-state index in [0.29, 0.717) is 11.7 Å². The number of anilines is 1. The standard InChI is InChI=1S/C15H16BrN5O2S/c16-11-3-1-2-4-12(11)19-13(22)7-17-14(23)8-24-15-20-18-9-21(15)10-5-6-10/h1-4,9-10H,5-8H2,(H,17,23)(H,19,22). The molecule has 3 rings (SSSR count). The highest BCUT2D eigenvalue weighted by Gasteiger charge is 2.26. The maximum atomic E-state index is 11.9. The van der Waals surface area contributed by atoms with Gasteiger partial charge >= 0.3 is 0 Å². The summed E-state index contributed by atoms with van der Waals surface area (Å²) >= 11 is 4.68. The predicted octanol–water partition coefficient (Wildman–Crippen LogP) is 2.22. The topological polar surface area (TPSA) is 88.9 Å². The van der Waals surface area contributed by atoms with Crippen LogP contribution in [0.25, 0.3) is 0 Å². The highest BCUT2D eigenvalue weighted by molar-refractivity contribution is 9.10. The van der Waals surface area contributed by atoms with Crippen molar-refractivity contribution in [3.05, 3.63) is 35.1 Å². The van der Waals surface area contributed by atoms with Crippen LogP contribution in [0.5, 0.6) is 0 Å². The van der Waals surface area contributed by atoms with Crippen molar-refractivity contribution in [1.29, 1.82) is 0 Å². The first-order valence-corrected chi connectivity index (χ1v) is 9.24. The maximum Gasteiger partial charge on any atom is 0.243 e. The minimum atomic E-state index is -0.276. The van der Waals surface area contributed by atoms with Crippen LogP contribution in [0.4, 0.5) is 5.69 Å². The van der Waals surface area contributed by atoms with Crippen LogP contribution >= 0.6 is 27.7 Å². The van der Waals surface area contributed by atoms with Gasteiger partial charge in [-0.2, -0.15) is 0 Å². The predicted molar refractivity (Wildman–Crippen MR) is 94.8 cm³/mol. The molecule has 0 spiro atoms. The number of nitrogens with zero attached hydrogens (tertiary/aromatic N) is 3. The number of halogens is 1. The van der Waals surface area contributed by atoms with E-state index in [2.05, 4.69) is 36.8 Å². The van der Waals surface area contributed by atoms with Gasteiger partial charge in [-0.1, -0.05) is 23.9 Å². The monoisotopic (exact) mass is 409 g/mol. The lowest BCUT2D eigenvalue weighted by molar-refractivity contribution is -0.122. The lowest BCUT2D eigenvalue weighted by atomic mass is 10.3. The molecule has 0 saturated heterocycles. The van der Waals surface area contributed by atoms with Crippen LogP contribution in [0.3, 0.4) is 0 Å². The van der Waals surface area contributed by atoms with E-state index in [1.807, 2.05) is 22.8 Å². The molecule has 1 aliphatic carbocycles. The summed E-state index contributed by atoms with van der Waals surface area (Å²) in [5, 5.41) is 14.0. The van der Waals surface area contributed by atoms with Gasteiger partial charge in [0.1, 0.15) is 6.33 Å². The summed E-state index contributed by atoms with van der Waals surface area (Å²) < 4.78 is 2.79. The molecule has 7 nitrogen and oxygen atoms in total. The number of aromatic nitrogens is 3. The zero-order valence-electron chi connectivity index (χ0n) is 12.7. The van der Waals surface area contributed by atoms with Gasteiger partial charge in [0, 0.05) is 10.5 Å². The first-order valence-electron chi connectivity index (χ1n) is 7.47. The number of benzene rings is 1. The van der Waals surface area contributed by atoms with E-state index in [0.717, 1.165) is 22.5 Å². The molecular formula is C15H16BrN5O2S. The van der Waals surface area contributed by atoms with Crippen LogP contribution in [0.15, 0.2) is 40.2 Å². The van der Waals surface area contributed by atoms with E-state index < -0.39 is 0 Å². The molecule has 1 aromatic carbocycles. The van der Waals surface area contributed by atoms with Crippen LogP contribution in [0.1, 0.15) is 18.9 Å². The molecular weight excluding hydrogens is 394 g/mol. The van der Waals surface area contributed by atoms with Crippen molar-refractivity contribution < 1.29 is 9.59 Å². The second-order valence-corrected chi connectivity index (χ2v) is 7.14. The first-order chi connectivity index (χ1) is 11.6. The average molecular weight is 410 g/mol. The maximum absolute atomic E-state index is 11.9. The van der Waals surface area contributed by atoms with Crippen molar-refractivity contribution in [1.82, 2.24) is 20.1 Å². The zero-order valence-corrected chi connectivity index (χ0v) is 15.1. The molecule has 1 fully saturated rings. The normalized spacial score (nSPS) is 13.5. The summed E-state index contributed by atoms with van der Waals surface area (Å²) in [4.78, 5) is 23.8. The highest BCUT2D eigenvalue weighted by Crippen LogP contribution is 2.37. The Kier molecular flexibility index (Phi) is 5.52. The Balaban J connectivity index is 1.41. The molecule has 2 N–H and O–H groups in total. The third kappa shape index (κ3) is 4.57. The van der Waals surface area contributed by atoms with Crippen LogP contribution in [-0.2, 0) is 9.59 Å². The number of rotatable bonds is 7. The number of carbonyl (C=O) groups excluding carboxylic acids is 2. The fourth-order valence-electron chi connectivity index (χ4n) is 2.06. The second kappa shape index (κ2) is 7.80. The van der Waals surface area contributed by atoms with Crippen molar-refractivity contribution in [2.45, 2.75) is 24.0 Å².